The summed E-state index contributed by atoms with van der Waals surface area (Å²) in [6, 6.07) is 9.44. The van der Waals surface area contributed by atoms with Crippen LogP contribution in [0, 0.1) is 6.92 Å². The molecule has 1 aromatic carbocycles. The van der Waals surface area contributed by atoms with Crippen LogP contribution in [0.2, 0.25) is 0 Å². The largest absolute Gasteiger partial charge is 0.497 e. The Balaban J connectivity index is 1.49. The van der Waals surface area contributed by atoms with E-state index in [4.69, 9.17) is 9.26 Å². The molecule has 28 heavy (non-hydrogen) atoms. The molecular weight excluding hydrogens is 358 g/mol. The minimum atomic E-state index is -0.0749. The Bertz CT molecular complexity index is 947. The summed E-state index contributed by atoms with van der Waals surface area (Å²) < 4.78 is 12.1. The zero-order valence-electron chi connectivity index (χ0n) is 16.0. The SMILES string of the molecule is COc1ccc(-n2ncnc2C2CCCN(C(=O)c3cc(C)on3)CC2)cc1. The molecule has 0 bridgehead atoms. The van der Waals surface area contributed by atoms with Crippen LogP contribution in [0.4, 0.5) is 0 Å². The molecule has 1 amide bonds. The molecule has 4 rings (SSSR count). The molecule has 0 radical (unpaired) electrons. The van der Waals surface area contributed by atoms with Gasteiger partial charge in [0, 0.05) is 25.1 Å². The van der Waals surface area contributed by atoms with Crippen LogP contribution in [0.5, 0.6) is 5.75 Å². The molecule has 1 aliphatic heterocycles. The van der Waals surface area contributed by atoms with Gasteiger partial charge in [0.25, 0.3) is 5.91 Å². The summed E-state index contributed by atoms with van der Waals surface area (Å²) in [6.07, 6.45) is 4.28. The normalized spacial score (nSPS) is 17.4. The molecule has 8 heteroatoms. The third-order valence-electron chi connectivity index (χ3n) is 5.12. The van der Waals surface area contributed by atoms with Crippen molar-refractivity contribution in [1.82, 2.24) is 24.8 Å². The first-order chi connectivity index (χ1) is 13.7. The van der Waals surface area contributed by atoms with Gasteiger partial charge in [0.15, 0.2) is 5.69 Å². The number of hydrogen-bond acceptors (Lipinski definition) is 6. The Morgan fingerprint density at radius 2 is 2.04 bits per heavy atom. The van der Waals surface area contributed by atoms with Crippen molar-refractivity contribution in [2.75, 3.05) is 20.2 Å². The predicted molar refractivity (Wildman–Crippen MR) is 102 cm³/mol. The number of methoxy groups -OCH3 is 1. The quantitative estimate of drug-likeness (QED) is 0.691. The zero-order valence-corrected chi connectivity index (χ0v) is 16.0. The summed E-state index contributed by atoms with van der Waals surface area (Å²) in [5.74, 6) is 2.54. The van der Waals surface area contributed by atoms with Gasteiger partial charge in [-0.3, -0.25) is 4.79 Å². The molecule has 1 atom stereocenters. The van der Waals surface area contributed by atoms with Crippen LogP contribution >= 0.6 is 0 Å². The third-order valence-corrected chi connectivity index (χ3v) is 5.12. The van der Waals surface area contributed by atoms with Crippen LogP contribution in [-0.4, -0.2) is 50.9 Å². The van der Waals surface area contributed by atoms with Crippen molar-refractivity contribution in [2.24, 2.45) is 0 Å². The van der Waals surface area contributed by atoms with Crippen molar-refractivity contribution in [3.8, 4) is 11.4 Å². The van der Waals surface area contributed by atoms with Gasteiger partial charge in [-0.15, -0.1) is 0 Å². The highest BCUT2D eigenvalue weighted by molar-refractivity contribution is 5.92. The van der Waals surface area contributed by atoms with Crippen molar-refractivity contribution in [2.45, 2.75) is 32.1 Å². The number of aromatic nitrogens is 4. The summed E-state index contributed by atoms with van der Waals surface area (Å²) in [6.45, 7) is 3.15. The lowest BCUT2D eigenvalue weighted by atomic mass is 10.00. The van der Waals surface area contributed by atoms with Gasteiger partial charge in [0.05, 0.1) is 12.8 Å². The van der Waals surface area contributed by atoms with Crippen molar-refractivity contribution in [3.63, 3.8) is 0 Å². The standard InChI is InChI=1S/C20H23N5O3/c1-14-12-18(23-28-14)20(26)24-10-3-4-15(9-11-24)19-21-13-22-25(19)16-5-7-17(27-2)8-6-16/h5-8,12-13,15H,3-4,9-11H2,1-2H3. The first-order valence-electron chi connectivity index (χ1n) is 9.42. The van der Waals surface area contributed by atoms with E-state index in [1.165, 1.54) is 0 Å². The number of hydrogen-bond donors (Lipinski definition) is 0. The minimum absolute atomic E-state index is 0.0749. The summed E-state index contributed by atoms with van der Waals surface area (Å²) in [4.78, 5) is 19.0. The smallest absolute Gasteiger partial charge is 0.276 e. The van der Waals surface area contributed by atoms with Crippen molar-refractivity contribution in [1.29, 1.82) is 0 Å². The number of carbonyl (C=O) groups is 1. The summed E-state index contributed by atoms with van der Waals surface area (Å²) in [5, 5.41) is 8.27. The van der Waals surface area contributed by atoms with E-state index in [1.54, 1.807) is 26.4 Å². The highest BCUT2D eigenvalue weighted by Crippen LogP contribution is 2.29. The van der Waals surface area contributed by atoms with E-state index in [2.05, 4.69) is 15.2 Å². The fraction of sp³-hybridized carbons (Fsp3) is 0.400. The van der Waals surface area contributed by atoms with Gasteiger partial charge >= 0.3 is 0 Å². The molecule has 1 unspecified atom stereocenters. The maximum Gasteiger partial charge on any atom is 0.276 e. The molecule has 0 saturated carbocycles. The molecule has 3 aromatic rings. The maximum atomic E-state index is 12.7. The van der Waals surface area contributed by atoms with E-state index < -0.39 is 0 Å². The molecule has 3 heterocycles. The number of ether oxygens (including phenoxy) is 1. The molecule has 0 N–H and O–H groups in total. The van der Waals surface area contributed by atoms with Gasteiger partial charge in [-0.25, -0.2) is 9.67 Å². The molecule has 1 saturated heterocycles. The molecule has 2 aromatic heterocycles. The van der Waals surface area contributed by atoms with Crippen LogP contribution in [0.1, 0.15) is 47.3 Å². The van der Waals surface area contributed by atoms with E-state index in [0.29, 0.717) is 24.5 Å². The van der Waals surface area contributed by atoms with Crippen molar-refractivity contribution < 1.29 is 14.1 Å². The molecule has 0 aliphatic carbocycles. The molecular formula is C20H23N5O3. The Labute approximate surface area is 163 Å². The molecule has 146 valence electrons. The molecule has 1 fully saturated rings. The van der Waals surface area contributed by atoms with Gasteiger partial charge in [-0.1, -0.05) is 5.16 Å². The van der Waals surface area contributed by atoms with Crippen LogP contribution in [0.3, 0.4) is 0 Å². The summed E-state index contributed by atoms with van der Waals surface area (Å²) in [5.41, 5.74) is 1.32. The fourth-order valence-electron chi connectivity index (χ4n) is 3.64. The number of nitrogens with zero attached hydrogens (tertiary/aromatic N) is 5. The monoisotopic (exact) mass is 381 g/mol. The van der Waals surface area contributed by atoms with E-state index >= 15 is 0 Å². The number of likely N-dealkylation sites (tertiary alicyclic amines) is 1. The highest BCUT2D eigenvalue weighted by atomic mass is 16.5. The van der Waals surface area contributed by atoms with Gasteiger partial charge in [0.1, 0.15) is 23.7 Å². The van der Waals surface area contributed by atoms with E-state index in [9.17, 15) is 4.79 Å². The summed E-state index contributed by atoms with van der Waals surface area (Å²) in [7, 11) is 1.65. The maximum absolute atomic E-state index is 12.7. The van der Waals surface area contributed by atoms with E-state index in [1.807, 2.05) is 33.8 Å². The number of rotatable bonds is 4. The van der Waals surface area contributed by atoms with Gasteiger partial charge < -0.3 is 14.2 Å². The van der Waals surface area contributed by atoms with Crippen molar-refractivity contribution in [3.05, 3.63) is 53.9 Å². The average Bonchev–Trinajstić information content (AvgIpc) is 3.31. The Morgan fingerprint density at radius 1 is 1.21 bits per heavy atom. The Kier molecular flexibility index (Phi) is 5.10. The predicted octanol–water partition coefficient (Wildman–Crippen LogP) is 2.98. The molecule has 0 spiro atoms. The lowest BCUT2D eigenvalue weighted by molar-refractivity contribution is 0.0750. The number of carbonyl (C=O) groups excluding carboxylic acids is 1. The lowest BCUT2D eigenvalue weighted by Crippen LogP contribution is -2.32. The number of aryl methyl sites for hydroxylation is 1. The first kappa shape index (κ1) is 18.2. The fourth-order valence-corrected chi connectivity index (χ4v) is 3.64. The second kappa shape index (κ2) is 7.84. The number of amides is 1. The Morgan fingerprint density at radius 3 is 2.75 bits per heavy atom. The number of benzene rings is 1. The molecule has 8 nitrogen and oxygen atoms in total. The van der Waals surface area contributed by atoms with E-state index in [0.717, 1.165) is 36.5 Å². The van der Waals surface area contributed by atoms with Gasteiger partial charge in [-0.05, 0) is 50.5 Å². The first-order valence-corrected chi connectivity index (χ1v) is 9.42. The highest BCUT2D eigenvalue weighted by Gasteiger charge is 2.26. The molecule has 1 aliphatic rings. The van der Waals surface area contributed by atoms with Crippen LogP contribution in [0.15, 0.2) is 41.2 Å². The minimum Gasteiger partial charge on any atom is -0.497 e. The zero-order chi connectivity index (χ0) is 19.5. The van der Waals surface area contributed by atoms with Crippen LogP contribution < -0.4 is 4.74 Å². The third kappa shape index (κ3) is 3.62. The topological polar surface area (TPSA) is 86.3 Å². The van der Waals surface area contributed by atoms with Crippen molar-refractivity contribution >= 4 is 5.91 Å². The van der Waals surface area contributed by atoms with Gasteiger partial charge in [-0.2, -0.15) is 5.10 Å². The Hall–Kier alpha value is -3.16. The van der Waals surface area contributed by atoms with Crippen LogP contribution in [-0.2, 0) is 0 Å². The second-order valence-corrected chi connectivity index (χ2v) is 6.97. The van der Waals surface area contributed by atoms with E-state index in [-0.39, 0.29) is 11.8 Å². The lowest BCUT2D eigenvalue weighted by Gasteiger charge is -2.19. The summed E-state index contributed by atoms with van der Waals surface area (Å²) >= 11 is 0. The second-order valence-electron chi connectivity index (χ2n) is 6.97. The van der Waals surface area contributed by atoms with Crippen LogP contribution in [0.25, 0.3) is 5.69 Å². The van der Waals surface area contributed by atoms with Gasteiger partial charge in [0.2, 0.25) is 0 Å². The average molecular weight is 381 g/mol.